The van der Waals surface area contributed by atoms with Crippen molar-refractivity contribution >= 4 is 17.9 Å². The molecule has 0 saturated heterocycles. The van der Waals surface area contributed by atoms with E-state index in [0.717, 1.165) is 51.4 Å². The maximum absolute atomic E-state index is 11.0. The molecule has 0 spiro atoms. The van der Waals surface area contributed by atoms with Gasteiger partial charge in [-0.25, -0.2) is 0 Å². The summed E-state index contributed by atoms with van der Waals surface area (Å²) in [6, 6.07) is 0. The minimum absolute atomic E-state index is 0.0974. The number of carbonyl (C=O) groups excluding carboxylic acids is 3. The van der Waals surface area contributed by atoms with Gasteiger partial charge in [0.1, 0.15) is 6.10 Å². The van der Waals surface area contributed by atoms with Crippen LogP contribution in [0.25, 0.3) is 0 Å². The molecule has 3 atom stereocenters. The quantitative estimate of drug-likeness (QED) is 0.143. The number of ether oxygens (including phenoxy) is 3. The van der Waals surface area contributed by atoms with Crippen LogP contribution in [0.2, 0.25) is 0 Å². The van der Waals surface area contributed by atoms with E-state index in [1.165, 1.54) is 18.9 Å². The minimum atomic E-state index is -0.163. The number of unbranched alkanes of at least 4 members (excludes halogenated alkanes) is 5. The highest BCUT2D eigenvalue weighted by atomic mass is 16.5. The van der Waals surface area contributed by atoms with Crippen LogP contribution in [0.4, 0.5) is 0 Å². The van der Waals surface area contributed by atoms with E-state index in [9.17, 15) is 14.4 Å². The molecule has 1 aliphatic rings. The summed E-state index contributed by atoms with van der Waals surface area (Å²) in [7, 11) is 0. The van der Waals surface area contributed by atoms with Crippen LogP contribution in [0.5, 0.6) is 0 Å². The van der Waals surface area contributed by atoms with Gasteiger partial charge < -0.3 is 14.2 Å². The van der Waals surface area contributed by atoms with Gasteiger partial charge in [0.2, 0.25) is 0 Å². The van der Waals surface area contributed by atoms with E-state index in [1.54, 1.807) is 0 Å². The van der Waals surface area contributed by atoms with Gasteiger partial charge in [0.25, 0.3) is 0 Å². The molecule has 0 bridgehead atoms. The normalized spacial score (nSPS) is 19.8. The van der Waals surface area contributed by atoms with Crippen LogP contribution < -0.4 is 0 Å². The fourth-order valence-corrected chi connectivity index (χ4v) is 3.82. The first-order valence-electron chi connectivity index (χ1n) is 12.3. The molecule has 1 fully saturated rings. The molecule has 0 N–H and O–H groups in total. The Balaban J connectivity index is 0.000000618. The van der Waals surface area contributed by atoms with Crippen molar-refractivity contribution in [2.24, 2.45) is 11.8 Å². The summed E-state index contributed by atoms with van der Waals surface area (Å²) in [5.41, 5.74) is 1.22. The monoisotopic (exact) mass is 454 g/mol. The molecular formula is C26H46O6. The summed E-state index contributed by atoms with van der Waals surface area (Å²) in [5, 5.41) is 0. The van der Waals surface area contributed by atoms with Crippen LogP contribution >= 0.6 is 0 Å². The van der Waals surface area contributed by atoms with Crippen LogP contribution in [0.3, 0.4) is 0 Å². The van der Waals surface area contributed by atoms with Gasteiger partial charge in [-0.3, -0.25) is 14.4 Å². The van der Waals surface area contributed by atoms with Crippen molar-refractivity contribution in [3.8, 4) is 0 Å². The first-order chi connectivity index (χ1) is 15.2. The average molecular weight is 455 g/mol. The predicted octanol–water partition coefficient (Wildman–Crippen LogP) is 6.16. The summed E-state index contributed by atoms with van der Waals surface area (Å²) in [5.74, 6) is 0.675. The van der Waals surface area contributed by atoms with E-state index < -0.39 is 0 Å². The van der Waals surface area contributed by atoms with E-state index in [4.69, 9.17) is 14.2 Å². The third kappa shape index (κ3) is 15.9. The van der Waals surface area contributed by atoms with E-state index in [2.05, 4.69) is 20.4 Å². The first-order valence-corrected chi connectivity index (χ1v) is 12.3. The average Bonchev–Trinajstić information content (AvgIpc) is 2.72. The van der Waals surface area contributed by atoms with Crippen molar-refractivity contribution in [1.29, 1.82) is 0 Å². The third-order valence-corrected chi connectivity index (χ3v) is 5.76. The largest absolute Gasteiger partial charge is 0.466 e. The van der Waals surface area contributed by atoms with Crippen molar-refractivity contribution in [1.82, 2.24) is 0 Å². The van der Waals surface area contributed by atoms with E-state index in [-0.39, 0.29) is 24.0 Å². The lowest BCUT2D eigenvalue weighted by atomic mass is 9.78. The first kappa shape index (κ1) is 30.1. The Bertz CT molecular complexity index is 533. The summed E-state index contributed by atoms with van der Waals surface area (Å²) >= 11 is 0. The zero-order valence-corrected chi connectivity index (χ0v) is 21.1. The second kappa shape index (κ2) is 18.7. The molecule has 186 valence electrons. The number of allylic oxidation sites excluding steroid dienone is 1. The second-order valence-electron chi connectivity index (χ2n) is 8.71. The second-order valence-corrected chi connectivity index (χ2v) is 8.71. The maximum Gasteiger partial charge on any atom is 0.305 e. The van der Waals surface area contributed by atoms with Gasteiger partial charge in [-0.15, -0.1) is 0 Å². The van der Waals surface area contributed by atoms with Gasteiger partial charge in [0.15, 0.2) is 0 Å². The molecule has 0 aromatic rings. The summed E-state index contributed by atoms with van der Waals surface area (Å²) in [4.78, 5) is 33.0. The zero-order chi connectivity index (χ0) is 24.4. The summed E-state index contributed by atoms with van der Waals surface area (Å²) < 4.78 is 15.0. The smallest absolute Gasteiger partial charge is 0.305 e. The molecule has 0 aliphatic heterocycles. The lowest BCUT2D eigenvalue weighted by molar-refractivity contribution is -0.151. The fraction of sp³-hybridized carbons (Fsp3) is 0.808. The van der Waals surface area contributed by atoms with E-state index >= 15 is 0 Å². The van der Waals surface area contributed by atoms with Crippen LogP contribution in [0.15, 0.2) is 12.2 Å². The van der Waals surface area contributed by atoms with Crippen LogP contribution in [0.1, 0.15) is 105 Å². The number of carbonyl (C=O) groups is 3. The van der Waals surface area contributed by atoms with Gasteiger partial charge in [-0.1, -0.05) is 44.8 Å². The molecule has 6 heteroatoms. The standard InChI is InChI=1S/C14H26O4.C12H20O2/c1-3-17-13(15)11-9-7-5-6-8-10-12-14(16)18-4-2;1-8(2)11-6-5-9(3)12(7-11)14-10(4)13/h3-12H2,1-2H3;9,11-12H,1,5-7H2,2-4H3. The summed E-state index contributed by atoms with van der Waals surface area (Å²) in [6.45, 7) is 14.2. The maximum atomic E-state index is 11.0. The SMILES string of the molecule is C=C(C)C1CCC(C)C(OC(C)=O)C1.CCOC(=O)CCCCCCCCC(=O)OCC. The molecule has 1 rings (SSSR count). The van der Waals surface area contributed by atoms with Gasteiger partial charge in [0.05, 0.1) is 13.2 Å². The van der Waals surface area contributed by atoms with Crippen LogP contribution in [-0.4, -0.2) is 37.2 Å². The van der Waals surface area contributed by atoms with Gasteiger partial charge >= 0.3 is 17.9 Å². The minimum Gasteiger partial charge on any atom is -0.466 e. The topological polar surface area (TPSA) is 78.9 Å². The number of rotatable bonds is 13. The predicted molar refractivity (Wildman–Crippen MR) is 127 cm³/mol. The van der Waals surface area contributed by atoms with Crippen molar-refractivity contribution in [2.45, 2.75) is 111 Å². The number of hydrogen-bond acceptors (Lipinski definition) is 6. The number of esters is 3. The van der Waals surface area contributed by atoms with Gasteiger partial charge in [-0.2, -0.15) is 0 Å². The molecule has 3 unspecified atom stereocenters. The lowest BCUT2D eigenvalue weighted by Crippen LogP contribution is -2.31. The Kier molecular flexibility index (Phi) is 17.6. The molecule has 0 radical (unpaired) electrons. The molecule has 6 nitrogen and oxygen atoms in total. The third-order valence-electron chi connectivity index (χ3n) is 5.76. The molecule has 32 heavy (non-hydrogen) atoms. The molecule has 1 saturated carbocycles. The van der Waals surface area contributed by atoms with E-state index in [1.807, 2.05) is 13.8 Å². The lowest BCUT2D eigenvalue weighted by Gasteiger charge is -2.33. The van der Waals surface area contributed by atoms with Crippen LogP contribution in [-0.2, 0) is 28.6 Å². The van der Waals surface area contributed by atoms with E-state index in [0.29, 0.717) is 37.9 Å². The van der Waals surface area contributed by atoms with Crippen molar-refractivity contribution in [3.63, 3.8) is 0 Å². The Morgan fingerprint density at radius 2 is 1.28 bits per heavy atom. The highest BCUT2D eigenvalue weighted by Gasteiger charge is 2.29. The number of hydrogen-bond donors (Lipinski definition) is 0. The molecule has 1 aliphatic carbocycles. The Hall–Kier alpha value is -1.85. The summed E-state index contributed by atoms with van der Waals surface area (Å²) in [6.07, 6.45) is 10.6. The molecule has 0 aromatic heterocycles. The Labute approximate surface area is 195 Å². The van der Waals surface area contributed by atoms with Crippen LogP contribution in [0, 0.1) is 11.8 Å². The highest BCUT2D eigenvalue weighted by Crippen LogP contribution is 2.34. The van der Waals surface area contributed by atoms with Crippen molar-refractivity contribution < 1.29 is 28.6 Å². The molecule has 0 heterocycles. The molecule has 0 amide bonds. The zero-order valence-electron chi connectivity index (χ0n) is 21.1. The van der Waals surface area contributed by atoms with Crippen molar-refractivity contribution in [2.75, 3.05) is 13.2 Å². The molecule has 0 aromatic carbocycles. The Morgan fingerprint density at radius 3 is 1.69 bits per heavy atom. The Morgan fingerprint density at radius 1 is 0.812 bits per heavy atom. The van der Waals surface area contributed by atoms with Gasteiger partial charge in [-0.05, 0) is 64.7 Å². The van der Waals surface area contributed by atoms with Gasteiger partial charge in [0, 0.05) is 19.8 Å². The van der Waals surface area contributed by atoms with Crippen molar-refractivity contribution in [3.05, 3.63) is 12.2 Å². The highest BCUT2D eigenvalue weighted by molar-refractivity contribution is 5.69. The fourth-order valence-electron chi connectivity index (χ4n) is 3.82. The molecular weight excluding hydrogens is 408 g/mol.